The highest BCUT2D eigenvalue weighted by Gasteiger charge is 2.62. The molecule has 0 amide bonds. The summed E-state index contributed by atoms with van der Waals surface area (Å²) in [4.78, 5) is 8.46. The van der Waals surface area contributed by atoms with Crippen molar-refractivity contribution in [1.29, 1.82) is 0 Å². The van der Waals surface area contributed by atoms with Gasteiger partial charge in [0.25, 0.3) is 6.71 Å². The van der Waals surface area contributed by atoms with E-state index in [-0.39, 0.29) is 39.5 Å². The smallest absolute Gasteiger partial charge is 0.252 e. The van der Waals surface area contributed by atoms with Crippen molar-refractivity contribution in [2.24, 2.45) is 0 Å². The molecule has 6 aromatic carbocycles. The number of aryl methyl sites for hydroxylation is 1. The maximum absolute atomic E-state index is 2.88. The second-order valence-corrected chi connectivity index (χ2v) is 25.3. The second kappa shape index (κ2) is 12.8. The first-order valence-electron chi connectivity index (χ1n) is 25.5. The van der Waals surface area contributed by atoms with Crippen LogP contribution in [0, 0.1) is 6.92 Å². The Bertz CT molecular complexity index is 3300. The zero-order valence-corrected chi connectivity index (χ0v) is 41.5. The van der Waals surface area contributed by atoms with Crippen molar-refractivity contribution in [2.45, 2.75) is 159 Å². The van der Waals surface area contributed by atoms with Gasteiger partial charge in [-0.2, -0.15) is 0 Å². The summed E-state index contributed by atoms with van der Waals surface area (Å²) >= 11 is 1.92. The van der Waals surface area contributed by atoms with Crippen LogP contribution < -0.4 is 31.1 Å². The molecule has 0 radical (unpaired) electrons. The van der Waals surface area contributed by atoms with Crippen LogP contribution in [0.25, 0.3) is 20.2 Å². The molecule has 3 nitrogen and oxygen atoms in total. The molecule has 4 atom stereocenters. The van der Waals surface area contributed by atoms with Gasteiger partial charge >= 0.3 is 0 Å². The van der Waals surface area contributed by atoms with Gasteiger partial charge in [-0.3, -0.25) is 0 Å². The minimum Gasteiger partial charge on any atom is -0.335 e. The second-order valence-electron chi connectivity index (χ2n) is 24.2. The van der Waals surface area contributed by atoms with E-state index >= 15 is 0 Å². The Kier molecular flexibility index (Phi) is 7.75. The highest BCUT2D eigenvalue weighted by atomic mass is 32.1. The third-order valence-electron chi connectivity index (χ3n) is 20.0. The van der Waals surface area contributed by atoms with E-state index in [0.717, 1.165) is 0 Å². The van der Waals surface area contributed by atoms with E-state index in [2.05, 4.69) is 180 Å². The minimum atomic E-state index is -0.0531. The molecule has 0 saturated heterocycles. The zero-order chi connectivity index (χ0) is 45.1. The lowest BCUT2D eigenvalue weighted by Gasteiger charge is -2.53. The summed E-state index contributed by atoms with van der Waals surface area (Å²) in [5, 5.41) is 2.70. The lowest BCUT2D eigenvalue weighted by Crippen LogP contribution is -2.64. The molecule has 1 aromatic heterocycles. The van der Waals surface area contributed by atoms with Crippen LogP contribution in [-0.2, 0) is 21.7 Å². The van der Waals surface area contributed by atoms with Crippen LogP contribution >= 0.6 is 11.3 Å². The SMILES string of the molecule is Cc1cc2c3c(c1)N1c4c(cccc4C4(C)CCCCC14C)B3c1ccc(N3c4cc5c(cc4[C@]4(C)CCCCC34C)C(C)(C)CCC5(C)C)cc1N2c1ccc2sc3ccccc3c2c1. The molecular formula is C61H64BN3S. The van der Waals surface area contributed by atoms with Gasteiger partial charge in [-0.25, -0.2) is 0 Å². The molecule has 5 heteroatoms. The fraction of sp³-hybridized carbons (Fsp3) is 0.410. The maximum atomic E-state index is 2.88. The molecule has 4 aliphatic heterocycles. The summed E-state index contributed by atoms with van der Waals surface area (Å²) in [6, 6.07) is 42.1. The Morgan fingerprint density at radius 3 is 1.89 bits per heavy atom. The van der Waals surface area contributed by atoms with Crippen molar-refractivity contribution < 1.29 is 0 Å². The van der Waals surface area contributed by atoms with Crippen LogP contribution in [0.15, 0.2) is 103 Å². The number of hydrogen-bond acceptors (Lipinski definition) is 4. The maximum Gasteiger partial charge on any atom is 0.252 e. The normalized spacial score (nSPS) is 28.1. The van der Waals surface area contributed by atoms with Gasteiger partial charge in [-0.15, -0.1) is 11.3 Å². The van der Waals surface area contributed by atoms with E-state index in [1.165, 1.54) is 146 Å². The molecule has 14 rings (SSSR count). The first-order valence-corrected chi connectivity index (χ1v) is 26.3. The van der Waals surface area contributed by atoms with E-state index in [0.29, 0.717) is 0 Å². The van der Waals surface area contributed by atoms with Gasteiger partial charge < -0.3 is 14.7 Å². The van der Waals surface area contributed by atoms with Gasteiger partial charge in [0.2, 0.25) is 0 Å². The summed E-state index contributed by atoms with van der Waals surface area (Å²) in [6.45, 7) is 23.0. The van der Waals surface area contributed by atoms with E-state index in [1.807, 2.05) is 11.3 Å². The van der Waals surface area contributed by atoms with Gasteiger partial charge in [0.05, 0.1) is 11.1 Å². The molecule has 332 valence electrons. The van der Waals surface area contributed by atoms with E-state index in [9.17, 15) is 0 Å². The topological polar surface area (TPSA) is 9.72 Å². The number of fused-ring (bicyclic) bond motifs is 14. The Morgan fingerprint density at radius 1 is 0.470 bits per heavy atom. The monoisotopic (exact) mass is 881 g/mol. The standard InChI is InChI=1S/C61H64BN3S/c1-37-31-50-54-51(32-37)65-55-42(58(6)25-12-15-28-61(58,65)9)18-16-19-47(55)62(54)46-23-21-39(34-49(46)63(50)38-22-24-53-41(33-38)40-17-10-11-20-52(40)66-53)64-48-36-44-43(56(2,3)29-30-57(44,4)5)35-45(48)59(7)26-13-14-27-60(59,64)8/h10-11,16-24,31-36H,12-15,25-30H2,1-9H3/t58?,59-,60?,61?/m0/s1. The van der Waals surface area contributed by atoms with Gasteiger partial charge in [0.1, 0.15) is 0 Å². The summed E-state index contributed by atoms with van der Waals surface area (Å²) in [5.74, 6) is 0. The van der Waals surface area contributed by atoms with Crippen molar-refractivity contribution in [3.8, 4) is 0 Å². The van der Waals surface area contributed by atoms with Gasteiger partial charge in [-0.05, 0) is 169 Å². The van der Waals surface area contributed by atoms with Crippen molar-refractivity contribution in [3.63, 3.8) is 0 Å². The molecule has 3 unspecified atom stereocenters. The van der Waals surface area contributed by atoms with Crippen LogP contribution in [-0.4, -0.2) is 17.8 Å². The number of para-hydroxylation sites is 1. The van der Waals surface area contributed by atoms with Crippen molar-refractivity contribution in [1.82, 2.24) is 0 Å². The van der Waals surface area contributed by atoms with Crippen LogP contribution in [0.4, 0.5) is 39.8 Å². The molecule has 0 spiro atoms. The summed E-state index contributed by atoms with van der Waals surface area (Å²) < 4.78 is 2.71. The van der Waals surface area contributed by atoms with Crippen LogP contribution in [0.1, 0.15) is 147 Å². The Balaban J connectivity index is 1.05. The molecule has 0 bridgehead atoms. The van der Waals surface area contributed by atoms with Gasteiger partial charge in [0, 0.05) is 70.8 Å². The summed E-state index contributed by atoms with van der Waals surface area (Å²) in [5.41, 5.74) is 22.1. The van der Waals surface area contributed by atoms with Crippen LogP contribution in [0.3, 0.4) is 0 Å². The lowest BCUT2D eigenvalue weighted by molar-refractivity contribution is 0.194. The quantitative estimate of drug-likeness (QED) is 0.160. The van der Waals surface area contributed by atoms with Crippen molar-refractivity contribution in [3.05, 3.63) is 131 Å². The average Bonchev–Trinajstić information content (AvgIpc) is 3.85. The number of nitrogens with zero attached hydrogens (tertiary/aromatic N) is 3. The van der Waals surface area contributed by atoms with Crippen molar-refractivity contribution >= 4 is 94.4 Å². The summed E-state index contributed by atoms with van der Waals surface area (Å²) in [7, 11) is 0. The van der Waals surface area contributed by atoms with Crippen LogP contribution in [0.5, 0.6) is 0 Å². The predicted molar refractivity (Wildman–Crippen MR) is 284 cm³/mol. The Morgan fingerprint density at radius 2 is 1.12 bits per heavy atom. The van der Waals surface area contributed by atoms with E-state index in [4.69, 9.17) is 0 Å². The number of rotatable bonds is 2. The van der Waals surface area contributed by atoms with Gasteiger partial charge in [0.15, 0.2) is 0 Å². The lowest BCUT2D eigenvalue weighted by atomic mass is 9.33. The Labute approximate surface area is 397 Å². The highest BCUT2D eigenvalue weighted by molar-refractivity contribution is 7.25. The number of anilines is 7. The predicted octanol–water partition coefficient (Wildman–Crippen LogP) is 14.8. The highest BCUT2D eigenvalue weighted by Crippen LogP contribution is 2.65. The van der Waals surface area contributed by atoms with E-state index in [1.54, 1.807) is 22.3 Å². The largest absolute Gasteiger partial charge is 0.335 e. The third-order valence-corrected chi connectivity index (χ3v) is 21.2. The fourth-order valence-corrected chi connectivity index (χ4v) is 17.0. The molecule has 0 N–H and O–H groups in total. The third kappa shape index (κ3) is 4.72. The van der Waals surface area contributed by atoms with Crippen molar-refractivity contribution in [2.75, 3.05) is 14.7 Å². The van der Waals surface area contributed by atoms with Crippen LogP contribution in [0.2, 0.25) is 0 Å². The minimum absolute atomic E-state index is 0.00783. The fourth-order valence-electron chi connectivity index (χ4n) is 15.9. The molecule has 2 saturated carbocycles. The molecule has 66 heavy (non-hydrogen) atoms. The number of thiophene rings is 1. The Hall–Kier alpha value is -5.00. The average molecular weight is 882 g/mol. The first-order chi connectivity index (χ1) is 31.6. The molecule has 7 aliphatic rings. The zero-order valence-electron chi connectivity index (χ0n) is 40.7. The van der Waals surface area contributed by atoms with Gasteiger partial charge in [-0.1, -0.05) is 116 Å². The number of benzene rings is 6. The molecule has 7 aromatic rings. The molecular weight excluding hydrogens is 818 g/mol. The molecule has 2 fully saturated rings. The number of hydrogen-bond donors (Lipinski definition) is 0. The van der Waals surface area contributed by atoms with E-state index < -0.39 is 0 Å². The molecule has 5 heterocycles. The summed E-state index contributed by atoms with van der Waals surface area (Å²) in [6.07, 6.45) is 12.5. The molecule has 3 aliphatic carbocycles. The first kappa shape index (κ1) is 40.1.